The Labute approximate surface area is 109 Å². The summed E-state index contributed by atoms with van der Waals surface area (Å²) < 4.78 is 0. The summed E-state index contributed by atoms with van der Waals surface area (Å²) in [4.78, 5) is 11.7. The van der Waals surface area contributed by atoms with Crippen LogP contribution in [0.5, 0.6) is 0 Å². The van der Waals surface area contributed by atoms with E-state index < -0.39 is 0 Å². The second-order valence-electron chi connectivity index (χ2n) is 5.27. The molecule has 17 heavy (non-hydrogen) atoms. The first-order valence-electron chi connectivity index (χ1n) is 6.65. The summed E-state index contributed by atoms with van der Waals surface area (Å²) in [5, 5.41) is 3.01. The molecular weight excluding hydrogens is 232 g/mol. The SMILES string of the molecule is CSCC[C@@H](N)C(=O)NCC1CCCC(C)C1. The number of hydrogen-bond donors (Lipinski definition) is 2. The van der Waals surface area contributed by atoms with Gasteiger partial charge in [-0.25, -0.2) is 0 Å². The second-order valence-corrected chi connectivity index (χ2v) is 6.26. The van der Waals surface area contributed by atoms with E-state index >= 15 is 0 Å². The van der Waals surface area contributed by atoms with Crippen molar-refractivity contribution >= 4 is 17.7 Å². The van der Waals surface area contributed by atoms with Crippen molar-refractivity contribution in [1.82, 2.24) is 5.32 Å². The van der Waals surface area contributed by atoms with Gasteiger partial charge in [0.15, 0.2) is 0 Å². The standard InChI is InChI=1S/C13H26N2OS/c1-10-4-3-5-11(8-10)9-15-13(16)12(14)6-7-17-2/h10-12H,3-9,14H2,1-2H3,(H,15,16)/t10?,11?,12-/m1/s1. The number of amides is 1. The maximum absolute atomic E-state index is 11.7. The summed E-state index contributed by atoms with van der Waals surface area (Å²) >= 11 is 1.73. The lowest BCUT2D eigenvalue weighted by atomic mass is 9.82. The molecule has 0 aromatic carbocycles. The molecule has 1 aliphatic carbocycles. The van der Waals surface area contributed by atoms with Crippen molar-refractivity contribution in [3.05, 3.63) is 0 Å². The van der Waals surface area contributed by atoms with Crippen molar-refractivity contribution in [3.63, 3.8) is 0 Å². The lowest BCUT2D eigenvalue weighted by Gasteiger charge is -2.27. The van der Waals surface area contributed by atoms with Gasteiger partial charge < -0.3 is 11.1 Å². The van der Waals surface area contributed by atoms with Gasteiger partial charge in [-0.3, -0.25) is 4.79 Å². The Morgan fingerprint density at radius 2 is 2.29 bits per heavy atom. The molecule has 3 N–H and O–H groups in total. The molecule has 0 aromatic heterocycles. The molecule has 3 nitrogen and oxygen atoms in total. The van der Waals surface area contributed by atoms with Gasteiger partial charge in [0.25, 0.3) is 0 Å². The Morgan fingerprint density at radius 1 is 1.53 bits per heavy atom. The van der Waals surface area contributed by atoms with Crippen LogP contribution in [0.3, 0.4) is 0 Å². The van der Waals surface area contributed by atoms with Crippen LogP contribution in [0.25, 0.3) is 0 Å². The quantitative estimate of drug-likeness (QED) is 0.766. The molecule has 1 amide bonds. The van der Waals surface area contributed by atoms with Crippen LogP contribution >= 0.6 is 11.8 Å². The number of rotatable bonds is 6. The summed E-state index contributed by atoms with van der Waals surface area (Å²) in [6.07, 6.45) is 7.96. The molecular formula is C13H26N2OS. The first kappa shape index (κ1) is 14.8. The first-order chi connectivity index (χ1) is 8.13. The van der Waals surface area contributed by atoms with Gasteiger partial charge in [0.1, 0.15) is 0 Å². The molecule has 100 valence electrons. The van der Waals surface area contributed by atoms with Crippen molar-refractivity contribution in [2.45, 2.75) is 45.1 Å². The minimum atomic E-state index is -0.330. The largest absolute Gasteiger partial charge is 0.354 e. The van der Waals surface area contributed by atoms with Crippen LogP contribution < -0.4 is 11.1 Å². The van der Waals surface area contributed by atoms with Crippen LogP contribution in [-0.4, -0.2) is 30.5 Å². The van der Waals surface area contributed by atoms with E-state index in [9.17, 15) is 4.79 Å². The zero-order valence-corrected chi connectivity index (χ0v) is 11.9. The van der Waals surface area contributed by atoms with Crippen LogP contribution in [0.4, 0.5) is 0 Å². The fourth-order valence-corrected chi connectivity index (χ4v) is 2.99. The third-order valence-corrected chi connectivity index (χ3v) is 4.22. The molecule has 0 radical (unpaired) electrons. The molecule has 4 heteroatoms. The highest BCUT2D eigenvalue weighted by Crippen LogP contribution is 2.27. The average molecular weight is 258 g/mol. The molecule has 0 spiro atoms. The zero-order chi connectivity index (χ0) is 12.7. The van der Waals surface area contributed by atoms with Gasteiger partial charge in [0, 0.05) is 6.54 Å². The normalized spacial score (nSPS) is 26.5. The minimum absolute atomic E-state index is 0.0253. The number of thioether (sulfide) groups is 1. The monoisotopic (exact) mass is 258 g/mol. The number of nitrogens with two attached hydrogens (primary N) is 1. The second kappa shape index (κ2) is 7.98. The fraction of sp³-hybridized carbons (Fsp3) is 0.923. The maximum atomic E-state index is 11.7. The molecule has 1 aliphatic rings. The first-order valence-corrected chi connectivity index (χ1v) is 8.05. The topological polar surface area (TPSA) is 55.1 Å². The molecule has 0 heterocycles. The zero-order valence-electron chi connectivity index (χ0n) is 11.1. The Balaban J connectivity index is 2.18. The molecule has 1 saturated carbocycles. The summed E-state index contributed by atoms with van der Waals surface area (Å²) in [6, 6.07) is -0.330. The van der Waals surface area contributed by atoms with E-state index in [0.717, 1.165) is 24.6 Å². The van der Waals surface area contributed by atoms with Crippen molar-refractivity contribution in [2.75, 3.05) is 18.6 Å². The number of hydrogen-bond acceptors (Lipinski definition) is 3. The van der Waals surface area contributed by atoms with E-state index in [1.165, 1.54) is 25.7 Å². The van der Waals surface area contributed by atoms with E-state index in [1.54, 1.807) is 11.8 Å². The van der Waals surface area contributed by atoms with E-state index in [4.69, 9.17) is 5.73 Å². The molecule has 2 unspecified atom stereocenters. The van der Waals surface area contributed by atoms with Crippen molar-refractivity contribution in [1.29, 1.82) is 0 Å². The molecule has 1 fully saturated rings. The molecule has 0 bridgehead atoms. The van der Waals surface area contributed by atoms with E-state index in [-0.39, 0.29) is 11.9 Å². The van der Waals surface area contributed by atoms with Crippen LogP contribution in [-0.2, 0) is 4.79 Å². The van der Waals surface area contributed by atoms with Gasteiger partial charge in [-0.15, -0.1) is 0 Å². The minimum Gasteiger partial charge on any atom is -0.354 e. The number of carbonyl (C=O) groups excluding carboxylic acids is 1. The molecule has 0 saturated heterocycles. The molecule has 1 rings (SSSR count). The van der Waals surface area contributed by atoms with E-state index in [0.29, 0.717) is 5.92 Å². The highest BCUT2D eigenvalue weighted by molar-refractivity contribution is 7.98. The Bertz CT molecular complexity index is 235. The van der Waals surface area contributed by atoms with Crippen LogP contribution in [0.15, 0.2) is 0 Å². The van der Waals surface area contributed by atoms with Crippen LogP contribution in [0, 0.1) is 11.8 Å². The third-order valence-electron chi connectivity index (χ3n) is 3.58. The molecule has 3 atom stereocenters. The predicted octanol–water partition coefficient (Wildman–Crippen LogP) is 2.01. The number of nitrogens with one attached hydrogen (secondary N) is 1. The molecule has 0 aliphatic heterocycles. The highest BCUT2D eigenvalue weighted by atomic mass is 32.2. The van der Waals surface area contributed by atoms with Crippen LogP contribution in [0.1, 0.15) is 39.0 Å². The van der Waals surface area contributed by atoms with Gasteiger partial charge in [-0.1, -0.05) is 19.8 Å². The van der Waals surface area contributed by atoms with E-state index in [2.05, 4.69) is 12.2 Å². The van der Waals surface area contributed by atoms with Crippen molar-refractivity contribution in [2.24, 2.45) is 17.6 Å². The summed E-state index contributed by atoms with van der Waals surface area (Å²) in [7, 11) is 0. The highest BCUT2D eigenvalue weighted by Gasteiger charge is 2.20. The maximum Gasteiger partial charge on any atom is 0.236 e. The van der Waals surface area contributed by atoms with Gasteiger partial charge in [0.2, 0.25) is 5.91 Å². The van der Waals surface area contributed by atoms with Crippen LogP contribution in [0.2, 0.25) is 0 Å². The fourth-order valence-electron chi connectivity index (χ4n) is 2.50. The van der Waals surface area contributed by atoms with Gasteiger partial charge in [0.05, 0.1) is 6.04 Å². The Hall–Kier alpha value is -0.220. The van der Waals surface area contributed by atoms with Gasteiger partial charge in [-0.2, -0.15) is 11.8 Å². The average Bonchev–Trinajstić information content (AvgIpc) is 2.33. The molecule has 0 aromatic rings. The smallest absolute Gasteiger partial charge is 0.236 e. The lowest BCUT2D eigenvalue weighted by molar-refractivity contribution is -0.122. The summed E-state index contributed by atoms with van der Waals surface area (Å²) in [5.41, 5.74) is 5.82. The number of carbonyl (C=O) groups is 1. The Kier molecular flexibility index (Phi) is 6.97. The Morgan fingerprint density at radius 3 is 2.94 bits per heavy atom. The van der Waals surface area contributed by atoms with Gasteiger partial charge in [-0.05, 0) is 43.1 Å². The van der Waals surface area contributed by atoms with Crippen molar-refractivity contribution < 1.29 is 4.79 Å². The predicted molar refractivity (Wildman–Crippen MR) is 75.1 cm³/mol. The van der Waals surface area contributed by atoms with Crippen molar-refractivity contribution in [3.8, 4) is 0 Å². The third kappa shape index (κ3) is 5.77. The van der Waals surface area contributed by atoms with E-state index in [1.807, 2.05) is 6.26 Å². The summed E-state index contributed by atoms with van der Waals surface area (Å²) in [6.45, 7) is 3.12. The van der Waals surface area contributed by atoms with Gasteiger partial charge >= 0.3 is 0 Å². The lowest BCUT2D eigenvalue weighted by Crippen LogP contribution is -2.43. The summed E-state index contributed by atoms with van der Waals surface area (Å²) in [5.74, 6) is 2.46.